The van der Waals surface area contributed by atoms with E-state index >= 15 is 0 Å². The fraction of sp³-hybridized carbons (Fsp3) is 0.350. The van der Waals surface area contributed by atoms with Gasteiger partial charge in [0.05, 0.1) is 6.10 Å². The molecule has 2 aromatic carbocycles. The minimum atomic E-state index is -0.0454. The van der Waals surface area contributed by atoms with Gasteiger partial charge in [0.1, 0.15) is 0 Å². The molecule has 0 bridgehead atoms. The molecular formula is C20H25ClN2O2. The highest BCUT2D eigenvalue weighted by Gasteiger charge is 2.27. The van der Waals surface area contributed by atoms with E-state index in [2.05, 4.69) is 17.4 Å². The van der Waals surface area contributed by atoms with Crippen molar-refractivity contribution >= 4 is 18.3 Å². The molecule has 0 spiro atoms. The normalized spacial score (nSPS) is 19.7. The predicted octanol–water partition coefficient (Wildman–Crippen LogP) is 3.46. The van der Waals surface area contributed by atoms with Crippen LogP contribution in [0.1, 0.15) is 40.4 Å². The number of carbonyl (C=O) groups excluding carboxylic acids is 1. The zero-order chi connectivity index (χ0) is 16.8. The smallest absolute Gasteiger partial charge is 0.251 e. The van der Waals surface area contributed by atoms with Crippen LogP contribution < -0.4 is 11.1 Å². The van der Waals surface area contributed by atoms with Gasteiger partial charge in [-0.3, -0.25) is 4.79 Å². The summed E-state index contributed by atoms with van der Waals surface area (Å²) >= 11 is 0. The van der Waals surface area contributed by atoms with Gasteiger partial charge in [0, 0.05) is 31.2 Å². The Morgan fingerprint density at radius 2 is 1.84 bits per heavy atom. The molecule has 2 unspecified atom stereocenters. The zero-order valence-corrected chi connectivity index (χ0v) is 15.0. The molecule has 0 aliphatic carbocycles. The monoisotopic (exact) mass is 360 g/mol. The van der Waals surface area contributed by atoms with E-state index in [1.165, 1.54) is 5.56 Å². The van der Waals surface area contributed by atoms with Gasteiger partial charge in [0.2, 0.25) is 0 Å². The number of ether oxygens (including phenoxy) is 1. The van der Waals surface area contributed by atoms with Crippen molar-refractivity contribution in [1.29, 1.82) is 0 Å². The van der Waals surface area contributed by atoms with Crippen LogP contribution in [0, 0.1) is 5.92 Å². The molecule has 4 nitrogen and oxygen atoms in total. The SMILES string of the molecule is Cl.NCc1ccc(C(=O)NCC2CCCOC2c2ccccc2)cc1. The lowest BCUT2D eigenvalue weighted by atomic mass is 9.89. The summed E-state index contributed by atoms with van der Waals surface area (Å²) in [5.74, 6) is 0.254. The van der Waals surface area contributed by atoms with Crippen LogP contribution in [-0.2, 0) is 11.3 Å². The van der Waals surface area contributed by atoms with E-state index in [-0.39, 0.29) is 24.4 Å². The summed E-state index contributed by atoms with van der Waals surface area (Å²) in [6.45, 7) is 1.89. The molecule has 5 heteroatoms. The second-order valence-electron chi connectivity index (χ2n) is 6.22. The molecule has 1 aliphatic heterocycles. The Morgan fingerprint density at radius 1 is 1.12 bits per heavy atom. The van der Waals surface area contributed by atoms with Crippen molar-refractivity contribution in [3.05, 3.63) is 71.3 Å². The highest BCUT2D eigenvalue weighted by molar-refractivity contribution is 5.94. The maximum atomic E-state index is 12.3. The average molecular weight is 361 g/mol. The minimum Gasteiger partial charge on any atom is -0.373 e. The Bertz CT molecular complexity index is 661. The molecule has 0 saturated carbocycles. The van der Waals surface area contributed by atoms with Gasteiger partial charge < -0.3 is 15.8 Å². The van der Waals surface area contributed by atoms with E-state index in [9.17, 15) is 4.79 Å². The summed E-state index contributed by atoms with van der Waals surface area (Å²) in [6.07, 6.45) is 2.15. The fourth-order valence-electron chi connectivity index (χ4n) is 3.18. The summed E-state index contributed by atoms with van der Waals surface area (Å²) in [4.78, 5) is 12.3. The van der Waals surface area contributed by atoms with Crippen LogP contribution in [0.15, 0.2) is 54.6 Å². The maximum Gasteiger partial charge on any atom is 0.251 e. The molecule has 134 valence electrons. The minimum absolute atomic E-state index is 0. The number of halogens is 1. The first-order valence-electron chi connectivity index (χ1n) is 8.51. The Kier molecular flexibility index (Phi) is 7.44. The molecule has 1 amide bonds. The third-order valence-electron chi connectivity index (χ3n) is 4.55. The van der Waals surface area contributed by atoms with Crippen LogP contribution in [0.25, 0.3) is 0 Å². The van der Waals surface area contributed by atoms with Gasteiger partial charge >= 0.3 is 0 Å². The van der Waals surface area contributed by atoms with E-state index in [1.807, 2.05) is 42.5 Å². The Hall–Kier alpha value is -1.88. The maximum absolute atomic E-state index is 12.3. The fourth-order valence-corrected chi connectivity index (χ4v) is 3.18. The van der Waals surface area contributed by atoms with Crippen LogP contribution in [0.3, 0.4) is 0 Å². The van der Waals surface area contributed by atoms with Crippen molar-refractivity contribution < 1.29 is 9.53 Å². The van der Waals surface area contributed by atoms with Crippen molar-refractivity contribution in [1.82, 2.24) is 5.32 Å². The summed E-state index contributed by atoms with van der Waals surface area (Å²) in [5.41, 5.74) is 8.46. The second-order valence-corrected chi connectivity index (χ2v) is 6.22. The lowest BCUT2D eigenvalue weighted by Gasteiger charge is -2.32. The topological polar surface area (TPSA) is 64.4 Å². The summed E-state index contributed by atoms with van der Waals surface area (Å²) in [5, 5.41) is 3.06. The average Bonchev–Trinajstić information content (AvgIpc) is 2.67. The summed E-state index contributed by atoms with van der Waals surface area (Å²) in [7, 11) is 0. The number of nitrogens with one attached hydrogen (secondary N) is 1. The molecule has 1 saturated heterocycles. The summed E-state index contributed by atoms with van der Waals surface area (Å²) < 4.78 is 5.98. The molecule has 25 heavy (non-hydrogen) atoms. The number of carbonyl (C=O) groups is 1. The van der Waals surface area contributed by atoms with Gasteiger partial charge in [-0.25, -0.2) is 0 Å². The number of hydrogen-bond acceptors (Lipinski definition) is 3. The van der Waals surface area contributed by atoms with Crippen molar-refractivity contribution in [2.45, 2.75) is 25.5 Å². The predicted molar refractivity (Wildman–Crippen MR) is 102 cm³/mol. The van der Waals surface area contributed by atoms with E-state index in [0.717, 1.165) is 25.0 Å². The number of amides is 1. The van der Waals surface area contributed by atoms with Gasteiger partial charge in [-0.1, -0.05) is 42.5 Å². The molecular weight excluding hydrogens is 336 g/mol. The van der Waals surface area contributed by atoms with E-state index in [4.69, 9.17) is 10.5 Å². The van der Waals surface area contributed by atoms with Crippen molar-refractivity contribution in [3.8, 4) is 0 Å². The third kappa shape index (κ3) is 5.05. The largest absolute Gasteiger partial charge is 0.373 e. The molecule has 2 atom stereocenters. The second kappa shape index (κ2) is 9.56. The molecule has 1 fully saturated rings. The lowest BCUT2D eigenvalue weighted by molar-refractivity contribution is -0.0272. The first-order valence-corrected chi connectivity index (χ1v) is 8.51. The highest BCUT2D eigenvalue weighted by Crippen LogP contribution is 2.33. The van der Waals surface area contributed by atoms with Crippen LogP contribution in [-0.4, -0.2) is 19.1 Å². The van der Waals surface area contributed by atoms with Crippen molar-refractivity contribution in [3.63, 3.8) is 0 Å². The van der Waals surface area contributed by atoms with Gasteiger partial charge in [0.25, 0.3) is 5.91 Å². The third-order valence-corrected chi connectivity index (χ3v) is 4.55. The first-order chi connectivity index (χ1) is 11.8. The molecule has 3 rings (SSSR count). The summed E-state index contributed by atoms with van der Waals surface area (Å²) in [6, 6.07) is 17.7. The Morgan fingerprint density at radius 3 is 2.52 bits per heavy atom. The van der Waals surface area contributed by atoms with Crippen LogP contribution in [0.5, 0.6) is 0 Å². The van der Waals surface area contributed by atoms with Crippen molar-refractivity contribution in [2.75, 3.05) is 13.2 Å². The molecule has 2 aromatic rings. The van der Waals surface area contributed by atoms with Gasteiger partial charge in [-0.15, -0.1) is 12.4 Å². The molecule has 0 aromatic heterocycles. The van der Waals surface area contributed by atoms with E-state index in [1.54, 1.807) is 0 Å². The van der Waals surface area contributed by atoms with E-state index in [0.29, 0.717) is 24.6 Å². The van der Waals surface area contributed by atoms with Gasteiger partial charge in [-0.2, -0.15) is 0 Å². The first kappa shape index (κ1) is 19.4. The van der Waals surface area contributed by atoms with E-state index < -0.39 is 0 Å². The number of hydrogen-bond donors (Lipinski definition) is 2. The highest BCUT2D eigenvalue weighted by atomic mass is 35.5. The van der Waals surface area contributed by atoms with Gasteiger partial charge in [0.15, 0.2) is 0 Å². The Labute approximate surface area is 155 Å². The van der Waals surface area contributed by atoms with Crippen LogP contribution >= 0.6 is 12.4 Å². The standard InChI is InChI=1S/C20H24N2O2.ClH/c21-13-15-8-10-17(11-9-15)20(23)22-14-18-7-4-12-24-19(18)16-5-2-1-3-6-16;/h1-3,5-6,8-11,18-19H,4,7,12-14,21H2,(H,22,23);1H. The number of rotatable bonds is 5. The lowest BCUT2D eigenvalue weighted by Crippen LogP contribution is -2.35. The van der Waals surface area contributed by atoms with Gasteiger partial charge in [-0.05, 0) is 36.1 Å². The quantitative estimate of drug-likeness (QED) is 0.858. The molecule has 1 heterocycles. The Balaban J connectivity index is 0.00000225. The number of benzene rings is 2. The molecule has 1 aliphatic rings. The zero-order valence-electron chi connectivity index (χ0n) is 14.2. The van der Waals surface area contributed by atoms with Crippen LogP contribution in [0.2, 0.25) is 0 Å². The van der Waals surface area contributed by atoms with Crippen LogP contribution in [0.4, 0.5) is 0 Å². The number of nitrogens with two attached hydrogens (primary N) is 1. The van der Waals surface area contributed by atoms with Crippen molar-refractivity contribution in [2.24, 2.45) is 11.7 Å². The molecule has 3 N–H and O–H groups in total. The molecule has 0 radical (unpaired) electrons.